The van der Waals surface area contributed by atoms with E-state index in [4.69, 9.17) is 9.73 Å². The first-order valence-electron chi connectivity index (χ1n) is 8.82. The number of aromatic hydroxyl groups is 1. The highest BCUT2D eigenvalue weighted by molar-refractivity contribution is 8.18. The van der Waals surface area contributed by atoms with Crippen LogP contribution in [0.1, 0.15) is 25.0 Å². The minimum atomic E-state index is -0.0673. The van der Waals surface area contributed by atoms with Crippen molar-refractivity contribution in [2.24, 2.45) is 4.99 Å². The van der Waals surface area contributed by atoms with Crippen molar-refractivity contribution in [3.8, 4) is 11.5 Å². The number of methoxy groups -OCH3 is 1. The molecular weight excluding hydrogens is 360 g/mol. The van der Waals surface area contributed by atoms with Crippen LogP contribution < -0.4 is 4.74 Å². The molecule has 0 aliphatic carbocycles. The fourth-order valence-corrected chi connectivity index (χ4v) is 3.88. The molecule has 0 spiro atoms. The summed E-state index contributed by atoms with van der Waals surface area (Å²) < 4.78 is 5.14. The summed E-state index contributed by atoms with van der Waals surface area (Å²) in [5.74, 6) is 0.374. The Balaban J connectivity index is 1.96. The lowest BCUT2D eigenvalue weighted by molar-refractivity contribution is -0.122. The number of amides is 1. The maximum atomic E-state index is 12.8. The summed E-state index contributed by atoms with van der Waals surface area (Å²) in [6.45, 7) is 4.58. The molecule has 2 aromatic carbocycles. The summed E-state index contributed by atoms with van der Waals surface area (Å²) in [5, 5.41) is 10.4. The average Bonchev–Trinajstić information content (AvgIpc) is 2.98. The van der Waals surface area contributed by atoms with Gasteiger partial charge in [0.2, 0.25) is 0 Å². The van der Waals surface area contributed by atoms with Crippen molar-refractivity contribution < 1.29 is 14.6 Å². The van der Waals surface area contributed by atoms with Gasteiger partial charge in [-0.2, -0.15) is 0 Å². The highest BCUT2D eigenvalue weighted by Crippen LogP contribution is 2.36. The summed E-state index contributed by atoms with van der Waals surface area (Å²) in [7, 11) is 1.50. The van der Waals surface area contributed by atoms with Crippen LogP contribution in [-0.4, -0.2) is 34.7 Å². The van der Waals surface area contributed by atoms with Gasteiger partial charge in [-0.3, -0.25) is 9.69 Å². The van der Waals surface area contributed by atoms with Gasteiger partial charge in [0, 0.05) is 6.54 Å². The number of hydrogen-bond acceptors (Lipinski definition) is 5. The Morgan fingerprint density at radius 1 is 1.22 bits per heavy atom. The predicted molar refractivity (Wildman–Crippen MR) is 111 cm³/mol. The van der Waals surface area contributed by atoms with Crippen LogP contribution in [0, 0.1) is 0 Å². The van der Waals surface area contributed by atoms with E-state index >= 15 is 0 Å². The average molecular weight is 382 g/mol. The van der Waals surface area contributed by atoms with Gasteiger partial charge in [0.15, 0.2) is 16.7 Å². The number of benzene rings is 2. The van der Waals surface area contributed by atoms with Crippen LogP contribution in [0.4, 0.5) is 5.69 Å². The molecule has 0 radical (unpaired) electrons. The zero-order chi connectivity index (χ0) is 19.4. The van der Waals surface area contributed by atoms with Crippen molar-refractivity contribution >= 4 is 34.6 Å². The van der Waals surface area contributed by atoms with Crippen LogP contribution in [0.3, 0.4) is 0 Å². The number of rotatable bonds is 5. The van der Waals surface area contributed by atoms with Gasteiger partial charge in [0.1, 0.15) is 0 Å². The number of aliphatic imine (C=N–C) groups is 1. The van der Waals surface area contributed by atoms with Gasteiger partial charge in [-0.1, -0.05) is 31.2 Å². The van der Waals surface area contributed by atoms with Crippen LogP contribution in [0.15, 0.2) is 52.4 Å². The van der Waals surface area contributed by atoms with Gasteiger partial charge in [0.25, 0.3) is 5.91 Å². The normalized spacial score (nSPS) is 17.1. The minimum Gasteiger partial charge on any atom is -0.504 e. The molecule has 1 aliphatic rings. The van der Waals surface area contributed by atoms with Crippen molar-refractivity contribution in [3.63, 3.8) is 0 Å². The number of phenols is 1. The first kappa shape index (κ1) is 19.0. The van der Waals surface area contributed by atoms with Crippen LogP contribution >= 0.6 is 11.8 Å². The summed E-state index contributed by atoms with van der Waals surface area (Å²) in [6.07, 6.45) is 2.68. The van der Waals surface area contributed by atoms with E-state index in [1.165, 1.54) is 18.9 Å². The van der Waals surface area contributed by atoms with E-state index in [-0.39, 0.29) is 11.7 Å². The Hall–Kier alpha value is -2.73. The molecule has 1 heterocycles. The Morgan fingerprint density at radius 2 is 2.00 bits per heavy atom. The van der Waals surface area contributed by atoms with E-state index in [2.05, 4.69) is 13.0 Å². The lowest BCUT2D eigenvalue weighted by Gasteiger charge is -2.12. The molecule has 0 bridgehead atoms. The molecule has 3 rings (SSSR count). The number of aryl methyl sites for hydroxylation is 1. The standard InChI is InChI=1S/C21H22N2O3S/c1-4-15-8-6-7-9-16(15)22-21-23(5-2)20(25)19(27-21)13-14-10-11-17(24)18(12-14)26-3/h6-13,24H,4-5H2,1-3H3/b19-13+,22-21?. The number of likely N-dealkylation sites (N-methyl/N-ethyl adjacent to an activating group) is 1. The third kappa shape index (κ3) is 4.01. The molecular formula is C21H22N2O3S. The van der Waals surface area contributed by atoms with E-state index in [0.717, 1.165) is 23.2 Å². The number of phenolic OH excluding ortho intramolecular Hbond substituents is 1. The Labute approximate surface area is 163 Å². The van der Waals surface area contributed by atoms with Crippen molar-refractivity contribution in [3.05, 3.63) is 58.5 Å². The summed E-state index contributed by atoms with van der Waals surface area (Å²) in [6, 6.07) is 13.0. The maximum absolute atomic E-state index is 12.8. The lowest BCUT2D eigenvalue weighted by Crippen LogP contribution is -2.28. The van der Waals surface area contributed by atoms with Gasteiger partial charge < -0.3 is 9.84 Å². The number of thioether (sulfide) groups is 1. The number of ether oxygens (including phenoxy) is 1. The number of nitrogens with zero attached hydrogens (tertiary/aromatic N) is 2. The zero-order valence-electron chi connectivity index (χ0n) is 15.6. The molecule has 1 fully saturated rings. The van der Waals surface area contributed by atoms with Crippen LogP contribution in [-0.2, 0) is 11.2 Å². The largest absolute Gasteiger partial charge is 0.504 e. The molecule has 1 aliphatic heterocycles. The molecule has 0 unspecified atom stereocenters. The topological polar surface area (TPSA) is 62.1 Å². The summed E-state index contributed by atoms with van der Waals surface area (Å²) in [4.78, 5) is 19.8. The van der Waals surface area contributed by atoms with Crippen molar-refractivity contribution in [1.29, 1.82) is 0 Å². The molecule has 0 saturated carbocycles. The molecule has 5 nitrogen and oxygen atoms in total. The van der Waals surface area contributed by atoms with Crippen LogP contribution in [0.25, 0.3) is 6.08 Å². The fourth-order valence-electron chi connectivity index (χ4n) is 2.83. The SMILES string of the molecule is CCc1ccccc1N=C1S/C(=C/c2ccc(O)c(OC)c2)C(=O)N1CC. The quantitative estimate of drug-likeness (QED) is 0.769. The number of amidine groups is 1. The van der Waals surface area contributed by atoms with Crippen molar-refractivity contribution in [1.82, 2.24) is 4.90 Å². The van der Waals surface area contributed by atoms with E-state index in [9.17, 15) is 9.90 Å². The Kier molecular flexibility index (Phi) is 5.86. The predicted octanol–water partition coefficient (Wildman–Crippen LogP) is 4.59. The fraction of sp³-hybridized carbons (Fsp3) is 0.238. The number of hydrogen-bond donors (Lipinski definition) is 1. The second-order valence-corrected chi connectivity index (χ2v) is 6.98. The van der Waals surface area contributed by atoms with E-state index < -0.39 is 0 Å². The second-order valence-electron chi connectivity index (χ2n) is 5.97. The van der Waals surface area contributed by atoms with Gasteiger partial charge in [-0.05, 0) is 60.5 Å². The molecule has 2 aromatic rings. The Bertz CT molecular complexity index is 921. The zero-order valence-corrected chi connectivity index (χ0v) is 16.4. The molecule has 0 atom stereocenters. The van der Waals surface area contributed by atoms with Gasteiger partial charge in [-0.25, -0.2) is 4.99 Å². The number of para-hydroxylation sites is 1. The van der Waals surface area contributed by atoms with Gasteiger partial charge >= 0.3 is 0 Å². The first-order chi connectivity index (χ1) is 13.1. The monoisotopic (exact) mass is 382 g/mol. The minimum absolute atomic E-state index is 0.0673. The molecule has 140 valence electrons. The molecule has 1 amide bonds. The van der Waals surface area contributed by atoms with Crippen LogP contribution in [0.2, 0.25) is 0 Å². The maximum Gasteiger partial charge on any atom is 0.266 e. The van der Waals surface area contributed by atoms with Crippen molar-refractivity contribution in [2.75, 3.05) is 13.7 Å². The second kappa shape index (κ2) is 8.31. The van der Waals surface area contributed by atoms with Crippen molar-refractivity contribution in [2.45, 2.75) is 20.3 Å². The molecule has 1 N–H and O–H groups in total. The van der Waals surface area contributed by atoms with E-state index in [0.29, 0.717) is 22.4 Å². The van der Waals surface area contributed by atoms with E-state index in [1.54, 1.807) is 29.2 Å². The first-order valence-corrected chi connectivity index (χ1v) is 9.64. The Morgan fingerprint density at radius 3 is 2.70 bits per heavy atom. The number of carbonyl (C=O) groups is 1. The molecule has 1 saturated heterocycles. The molecule has 6 heteroatoms. The molecule has 0 aromatic heterocycles. The highest BCUT2D eigenvalue weighted by Gasteiger charge is 2.32. The van der Waals surface area contributed by atoms with Crippen LogP contribution in [0.5, 0.6) is 11.5 Å². The number of carbonyl (C=O) groups excluding carboxylic acids is 1. The molecule has 27 heavy (non-hydrogen) atoms. The highest BCUT2D eigenvalue weighted by atomic mass is 32.2. The third-order valence-electron chi connectivity index (χ3n) is 4.29. The third-order valence-corrected chi connectivity index (χ3v) is 5.30. The lowest BCUT2D eigenvalue weighted by atomic mass is 10.1. The summed E-state index contributed by atoms with van der Waals surface area (Å²) >= 11 is 1.36. The van der Waals surface area contributed by atoms with E-state index in [1.807, 2.05) is 25.1 Å². The summed E-state index contributed by atoms with van der Waals surface area (Å²) in [5.41, 5.74) is 2.82. The van der Waals surface area contributed by atoms with Gasteiger partial charge in [-0.15, -0.1) is 0 Å². The smallest absolute Gasteiger partial charge is 0.266 e. The van der Waals surface area contributed by atoms with Gasteiger partial charge in [0.05, 0.1) is 17.7 Å².